The molecular weight excluding hydrogens is 488 g/mol. The summed E-state index contributed by atoms with van der Waals surface area (Å²) < 4.78 is 81.9. The van der Waals surface area contributed by atoms with Crippen molar-refractivity contribution < 1.29 is 41.0 Å². The van der Waals surface area contributed by atoms with Crippen LogP contribution in [0.3, 0.4) is 0 Å². The number of piperidine rings is 1. The third-order valence-electron chi connectivity index (χ3n) is 5.98. The van der Waals surface area contributed by atoms with Gasteiger partial charge in [-0.2, -0.15) is 26.3 Å². The lowest BCUT2D eigenvalue weighted by Crippen LogP contribution is -2.37. The zero-order valence-corrected chi connectivity index (χ0v) is 20.2. The lowest BCUT2D eigenvalue weighted by atomic mass is 9.84. The first-order valence-electron chi connectivity index (χ1n) is 11.7. The Labute approximate surface area is 206 Å². The van der Waals surface area contributed by atoms with E-state index in [4.69, 9.17) is 9.84 Å². The van der Waals surface area contributed by atoms with Crippen molar-refractivity contribution in [2.45, 2.75) is 58.0 Å². The van der Waals surface area contributed by atoms with Gasteiger partial charge in [-0.25, -0.2) is 0 Å². The average Bonchev–Trinajstić information content (AvgIpc) is 2.80. The monoisotopic (exact) mass is 519 g/mol. The van der Waals surface area contributed by atoms with E-state index in [1.807, 2.05) is 18.7 Å². The second-order valence-electron chi connectivity index (χ2n) is 8.57. The van der Waals surface area contributed by atoms with Crippen LogP contribution in [-0.2, 0) is 28.4 Å². The molecule has 0 aromatic heterocycles. The molecule has 2 aromatic rings. The van der Waals surface area contributed by atoms with E-state index in [-0.39, 0.29) is 18.4 Å². The molecule has 3 rings (SSSR count). The SMILES string of the molecule is CCOCC.O=C(O)CC1CCN(Cc2ccc(C(F)(F)F)cc2)C(c2ccc(C(F)(F)F)cc2)C1. The lowest BCUT2D eigenvalue weighted by molar-refractivity contribution is -0.139. The van der Waals surface area contributed by atoms with Crippen LogP contribution in [0, 0.1) is 5.92 Å². The van der Waals surface area contributed by atoms with Crippen molar-refractivity contribution in [1.29, 1.82) is 0 Å². The van der Waals surface area contributed by atoms with Crippen molar-refractivity contribution in [2.24, 2.45) is 5.92 Å². The van der Waals surface area contributed by atoms with Gasteiger partial charge in [-0.05, 0) is 74.5 Å². The number of carboxylic acids is 1. The molecule has 2 aromatic carbocycles. The van der Waals surface area contributed by atoms with Crippen molar-refractivity contribution in [3.63, 3.8) is 0 Å². The van der Waals surface area contributed by atoms with Crippen molar-refractivity contribution in [1.82, 2.24) is 4.90 Å². The molecule has 0 amide bonds. The summed E-state index contributed by atoms with van der Waals surface area (Å²) in [6.07, 6.45) is -7.90. The summed E-state index contributed by atoms with van der Waals surface area (Å²) in [6, 6.07) is 9.19. The van der Waals surface area contributed by atoms with Crippen LogP contribution in [0.4, 0.5) is 26.3 Å². The van der Waals surface area contributed by atoms with Crippen LogP contribution < -0.4 is 0 Å². The van der Waals surface area contributed by atoms with Crippen LogP contribution in [0.1, 0.15) is 61.4 Å². The van der Waals surface area contributed by atoms with E-state index in [1.165, 1.54) is 24.3 Å². The topological polar surface area (TPSA) is 49.8 Å². The van der Waals surface area contributed by atoms with E-state index in [0.717, 1.165) is 37.5 Å². The van der Waals surface area contributed by atoms with Crippen LogP contribution >= 0.6 is 0 Å². The van der Waals surface area contributed by atoms with Crippen molar-refractivity contribution in [3.8, 4) is 0 Å². The summed E-state index contributed by atoms with van der Waals surface area (Å²) in [5, 5.41) is 9.11. The van der Waals surface area contributed by atoms with Crippen molar-refractivity contribution in [3.05, 3.63) is 70.8 Å². The molecule has 1 fully saturated rings. The van der Waals surface area contributed by atoms with Gasteiger partial charge in [-0.3, -0.25) is 9.69 Å². The Morgan fingerprint density at radius 3 is 1.83 bits per heavy atom. The highest BCUT2D eigenvalue weighted by atomic mass is 19.4. The van der Waals surface area contributed by atoms with E-state index in [9.17, 15) is 31.1 Å². The first kappa shape index (κ1) is 29.6. The zero-order chi connectivity index (χ0) is 26.9. The average molecular weight is 520 g/mol. The first-order chi connectivity index (χ1) is 16.8. The Kier molecular flexibility index (Phi) is 10.8. The highest BCUT2D eigenvalue weighted by Gasteiger charge is 2.34. The van der Waals surface area contributed by atoms with Crippen molar-refractivity contribution in [2.75, 3.05) is 19.8 Å². The van der Waals surface area contributed by atoms with E-state index >= 15 is 0 Å². The highest BCUT2D eigenvalue weighted by molar-refractivity contribution is 5.67. The van der Waals surface area contributed by atoms with Crippen LogP contribution in [-0.4, -0.2) is 35.7 Å². The van der Waals surface area contributed by atoms with Gasteiger partial charge in [0.05, 0.1) is 11.1 Å². The maximum Gasteiger partial charge on any atom is 0.416 e. The molecule has 36 heavy (non-hydrogen) atoms. The van der Waals surface area contributed by atoms with Crippen LogP contribution in [0.25, 0.3) is 0 Å². The lowest BCUT2D eigenvalue weighted by Gasteiger charge is -2.39. The fourth-order valence-electron chi connectivity index (χ4n) is 4.19. The Morgan fingerprint density at radius 2 is 1.42 bits per heavy atom. The normalized spacial score (nSPS) is 18.9. The standard InChI is InChI=1S/C22H21F6NO2.C4H10O/c23-21(24,25)17-5-1-14(2-6-17)13-29-10-9-15(12-20(30)31)11-19(29)16-3-7-18(8-4-16)22(26,27)28;1-3-5-4-2/h1-8,15,19H,9-13H2,(H,30,31);3-4H2,1-2H3. The van der Waals surface area contributed by atoms with Gasteiger partial charge in [-0.1, -0.05) is 24.3 Å². The number of likely N-dealkylation sites (tertiary alicyclic amines) is 1. The molecule has 1 aliphatic heterocycles. The number of aliphatic carboxylic acids is 1. The molecule has 0 saturated carbocycles. The number of alkyl halides is 6. The third-order valence-corrected chi connectivity index (χ3v) is 5.98. The highest BCUT2D eigenvalue weighted by Crippen LogP contribution is 2.38. The molecule has 200 valence electrons. The summed E-state index contributed by atoms with van der Waals surface area (Å²) >= 11 is 0. The number of ether oxygens (including phenoxy) is 1. The van der Waals surface area contributed by atoms with Gasteiger partial charge >= 0.3 is 18.3 Å². The number of hydrogen-bond acceptors (Lipinski definition) is 3. The number of carbonyl (C=O) groups is 1. The summed E-state index contributed by atoms with van der Waals surface area (Å²) in [7, 11) is 0. The fraction of sp³-hybridized carbons (Fsp3) is 0.500. The minimum absolute atomic E-state index is 0.0365. The van der Waals surface area contributed by atoms with E-state index < -0.39 is 29.4 Å². The number of carboxylic acid groups (broad SMARTS) is 1. The molecule has 1 N–H and O–H groups in total. The van der Waals surface area contributed by atoms with Gasteiger partial charge in [0.25, 0.3) is 0 Å². The number of rotatable bonds is 7. The smallest absolute Gasteiger partial charge is 0.416 e. The van der Waals surface area contributed by atoms with Gasteiger partial charge in [0.2, 0.25) is 0 Å². The second-order valence-corrected chi connectivity index (χ2v) is 8.57. The van der Waals surface area contributed by atoms with Crippen LogP contribution in [0.5, 0.6) is 0 Å². The van der Waals surface area contributed by atoms with E-state index in [1.54, 1.807) is 0 Å². The molecule has 0 bridgehead atoms. The summed E-state index contributed by atoms with van der Waals surface area (Å²) in [4.78, 5) is 13.1. The minimum atomic E-state index is -4.46. The molecule has 10 heteroatoms. The quantitative estimate of drug-likeness (QED) is 0.393. The van der Waals surface area contributed by atoms with Gasteiger partial charge in [0, 0.05) is 32.2 Å². The van der Waals surface area contributed by atoms with Crippen LogP contribution in [0.2, 0.25) is 0 Å². The molecule has 1 heterocycles. The third kappa shape index (κ3) is 9.13. The summed E-state index contributed by atoms with van der Waals surface area (Å²) in [6.45, 7) is 6.47. The molecule has 4 nitrogen and oxygen atoms in total. The maximum absolute atomic E-state index is 12.9. The van der Waals surface area contributed by atoms with Crippen LogP contribution in [0.15, 0.2) is 48.5 Å². The summed E-state index contributed by atoms with van der Waals surface area (Å²) in [5.74, 6) is -1.07. The van der Waals surface area contributed by atoms with Gasteiger partial charge in [-0.15, -0.1) is 0 Å². The Balaban J connectivity index is 0.000000830. The Morgan fingerprint density at radius 1 is 0.917 bits per heavy atom. The number of nitrogens with zero attached hydrogens (tertiary/aromatic N) is 1. The molecule has 1 saturated heterocycles. The molecule has 0 spiro atoms. The molecule has 0 radical (unpaired) electrons. The van der Waals surface area contributed by atoms with E-state index in [0.29, 0.717) is 37.1 Å². The molecular formula is C26H31F6NO3. The molecule has 1 aliphatic rings. The minimum Gasteiger partial charge on any atom is -0.481 e. The largest absolute Gasteiger partial charge is 0.481 e. The first-order valence-corrected chi connectivity index (χ1v) is 11.7. The predicted molar refractivity (Wildman–Crippen MR) is 123 cm³/mol. The van der Waals surface area contributed by atoms with Crippen molar-refractivity contribution >= 4 is 5.97 Å². The maximum atomic E-state index is 12.9. The van der Waals surface area contributed by atoms with E-state index in [2.05, 4.69) is 0 Å². The fourth-order valence-corrected chi connectivity index (χ4v) is 4.19. The second kappa shape index (κ2) is 13.1. The van der Waals surface area contributed by atoms with Gasteiger partial charge < -0.3 is 9.84 Å². The number of halogens is 6. The molecule has 2 atom stereocenters. The summed E-state index contributed by atoms with van der Waals surface area (Å²) in [5.41, 5.74) is -0.268. The Hall–Kier alpha value is -2.59. The van der Waals surface area contributed by atoms with Gasteiger partial charge in [0.15, 0.2) is 0 Å². The molecule has 2 unspecified atom stereocenters. The zero-order valence-electron chi connectivity index (χ0n) is 20.2. The van der Waals surface area contributed by atoms with Gasteiger partial charge in [0.1, 0.15) is 0 Å². The predicted octanol–water partition coefficient (Wildman–Crippen LogP) is 7.20. The number of hydrogen-bond donors (Lipinski definition) is 1. The Bertz CT molecular complexity index is 940. The molecule has 0 aliphatic carbocycles. The number of benzene rings is 2.